The summed E-state index contributed by atoms with van der Waals surface area (Å²) in [6, 6.07) is 0.412. The summed E-state index contributed by atoms with van der Waals surface area (Å²) in [5.41, 5.74) is 6.50. The molecular weight excluding hydrogens is 172 g/mol. The lowest BCUT2D eigenvalue weighted by Crippen LogP contribution is -2.36. The van der Waals surface area contributed by atoms with Crippen molar-refractivity contribution in [2.45, 2.75) is 38.6 Å². The smallest absolute Gasteiger partial charge is 0.0338 e. The highest BCUT2D eigenvalue weighted by Gasteiger charge is 2.25. The third kappa shape index (κ3) is 2.79. The maximum absolute atomic E-state index is 5.73. The van der Waals surface area contributed by atoms with Gasteiger partial charge in [0.05, 0.1) is 0 Å². The van der Waals surface area contributed by atoms with Gasteiger partial charge in [0, 0.05) is 17.7 Å². The average Bonchev–Trinajstić information content (AvgIpc) is 2.07. The summed E-state index contributed by atoms with van der Waals surface area (Å²) < 4.78 is 0. The minimum atomic E-state index is 0.327. The van der Waals surface area contributed by atoms with E-state index in [1.807, 2.05) is 0 Å². The molecule has 3 N–H and O–H groups in total. The third-order valence-corrected chi connectivity index (χ3v) is 3.33. The van der Waals surface area contributed by atoms with Crippen LogP contribution < -0.4 is 11.1 Å². The van der Waals surface area contributed by atoms with Crippen molar-refractivity contribution >= 4 is 0 Å². The second-order valence-electron chi connectivity index (χ2n) is 4.37. The molecule has 80 valence electrons. The molecule has 0 heterocycles. The van der Waals surface area contributed by atoms with E-state index in [9.17, 15) is 0 Å². The SMILES string of the molecule is C=CNC(CC1CCC1)C(C)C(=C)N. The van der Waals surface area contributed by atoms with E-state index < -0.39 is 0 Å². The van der Waals surface area contributed by atoms with E-state index in [1.54, 1.807) is 6.20 Å². The highest BCUT2D eigenvalue weighted by atomic mass is 14.9. The van der Waals surface area contributed by atoms with Gasteiger partial charge in [0.2, 0.25) is 0 Å². The first kappa shape index (κ1) is 11.2. The van der Waals surface area contributed by atoms with Crippen molar-refractivity contribution in [3.8, 4) is 0 Å². The highest BCUT2D eigenvalue weighted by molar-refractivity contribution is 5.00. The predicted molar refractivity (Wildman–Crippen MR) is 61.6 cm³/mol. The molecule has 1 aliphatic carbocycles. The fraction of sp³-hybridized carbons (Fsp3) is 0.667. The normalized spacial score (nSPS) is 20.6. The molecule has 2 nitrogen and oxygen atoms in total. The van der Waals surface area contributed by atoms with Gasteiger partial charge >= 0.3 is 0 Å². The molecule has 0 aromatic heterocycles. The highest BCUT2D eigenvalue weighted by Crippen LogP contribution is 2.32. The molecular formula is C12H22N2. The van der Waals surface area contributed by atoms with Crippen molar-refractivity contribution < 1.29 is 0 Å². The van der Waals surface area contributed by atoms with Gasteiger partial charge in [-0.2, -0.15) is 0 Å². The van der Waals surface area contributed by atoms with Gasteiger partial charge in [0.15, 0.2) is 0 Å². The molecule has 0 aromatic rings. The molecule has 0 saturated heterocycles. The minimum absolute atomic E-state index is 0.327. The van der Waals surface area contributed by atoms with Crippen LogP contribution in [0.3, 0.4) is 0 Å². The van der Waals surface area contributed by atoms with E-state index in [0.29, 0.717) is 12.0 Å². The van der Waals surface area contributed by atoms with Crippen LogP contribution in [0.5, 0.6) is 0 Å². The Hall–Kier alpha value is -0.920. The zero-order valence-electron chi connectivity index (χ0n) is 9.13. The lowest BCUT2D eigenvalue weighted by Gasteiger charge is -2.32. The van der Waals surface area contributed by atoms with E-state index in [1.165, 1.54) is 25.7 Å². The molecule has 0 spiro atoms. The Morgan fingerprint density at radius 1 is 1.64 bits per heavy atom. The van der Waals surface area contributed by atoms with E-state index in [-0.39, 0.29) is 0 Å². The third-order valence-electron chi connectivity index (χ3n) is 3.33. The van der Waals surface area contributed by atoms with Gasteiger partial charge in [-0.25, -0.2) is 0 Å². The second-order valence-corrected chi connectivity index (χ2v) is 4.37. The van der Waals surface area contributed by atoms with E-state index in [0.717, 1.165) is 11.6 Å². The summed E-state index contributed by atoms with van der Waals surface area (Å²) in [5.74, 6) is 1.21. The lowest BCUT2D eigenvalue weighted by atomic mass is 9.78. The molecule has 2 heteroatoms. The van der Waals surface area contributed by atoms with E-state index in [4.69, 9.17) is 5.73 Å². The Balaban J connectivity index is 2.43. The van der Waals surface area contributed by atoms with Crippen molar-refractivity contribution in [1.29, 1.82) is 0 Å². The summed E-state index contributed by atoms with van der Waals surface area (Å²) in [6.07, 6.45) is 7.10. The number of rotatable bonds is 6. The van der Waals surface area contributed by atoms with Crippen LogP contribution in [0.4, 0.5) is 0 Å². The van der Waals surface area contributed by atoms with Crippen LogP contribution in [0, 0.1) is 11.8 Å². The van der Waals surface area contributed by atoms with Gasteiger partial charge < -0.3 is 11.1 Å². The molecule has 14 heavy (non-hydrogen) atoms. The molecule has 1 fully saturated rings. The summed E-state index contributed by atoms with van der Waals surface area (Å²) in [5, 5.41) is 3.29. The molecule has 0 aromatic carbocycles. The maximum Gasteiger partial charge on any atom is 0.0338 e. The first-order chi connectivity index (χ1) is 6.65. The first-order valence-corrected chi connectivity index (χ1v) is 5.46. The summed E-state index contributed by atoms with van der Waals surface area (Å²) in [7, 11) is 0. The topological polar surface area (TPSA) is 38.0 Å². The molecule has 2 atom stereocenters. The van der Waals surface area contributed by atoms with Crippen LogP contribution in [0.25, 0.3) is 0 Å². The van der Waals surface area contributed by atoms with Gasteiger partial charge in [-0.05, 0) is 18.5 Å². The van der Waals surface area contributed by atoms with Gasteiger partial charge in [-0.1, -0.05) is 39.3 Å². The van der Waals surface area contributed by atoms with Crippen molar-refractivity contribution in [3.63, 3.8) is 0 Å². The molecule has 0 radical (unpaired) electrons. The summed E-state index contributed by atoms with van der Waals surface area (Å²) >= 11 is 0. The van der Waals surface area contributed by atoms with Crippen molar-refractivity contribution in [2.75, 3.05) is 0 Å². The second kappa shape index (κ2) is 5.08. The monoisotopic (exact) mass is 194 g/mol. The van der Waals surface area contributed by atoms with E-state index in [2.05, 4.69) is 25.4 Å². The van der Waals surface area contributed by atoms with Crippen LogP contribution in [0.15, 0.2) is 25.1 Å². The first-order valence-electron chi connectivity index (χ1n) is 5.46. The molecule has 1 saturated carbocycles. The Morgan fingerprint density at radius 3 is 2.64 bits per heavy atom. The van der Waals surface area contributed by atoms with Gasteiger partial charge in [0.25, 0.3) is 0 Å². The number of hydrogen-bond acceptors (Lipinski definition) is 2. The predicted octanol–water partition coefficient (Wildman–Crippen LogP) is 2.39. The Bertz CT molecular complexity index is 206. The largest absolute Gasteiger partial charge is 0.402 e. The van der Waals surface area contributed by atoms with E-state index >= 15 is 0 Å². The molecule has 0 amide bonds. The average molecular weight is 194 g/mol. The Kier molecular flexibility index (Phi) is 4.05. The van der Waals surface area contributed by atoms with Crippen molar-refractivity contribution in [3.05, 3.63) is 25.1 Å². The van der Waals surface area contributed by atoms with Crippen LogP contribution >= 0.6 is 0 Å². The van der Waals surface area contributed by atoms with Gasteiger partial charge in [-0.3, -0.25) is 0 Å². The van der Waals surface area contributed by atoms with Gasteiger partial charge in [-0.15, -0.1) is 0 Å². The zero-order valence-corrected chi connectivity index (χ0v) is 9.13. The van der Waals surface area contributed by atoms with Crippen molar-refractivity contribution in [1.82, 2.24) is 5.32 Å². The molecule has 2 unspecified atom stereocenters. The summed E-state index contributed by atoms with van der Waals surface area (Å²) in [4.78, 5) is 0. The molecule has 0 aliphatic heterocycles. The lowest BCUT2D eigenvalue weighted by molar-refractivity contribution is 0.247. The molecule has 0 bridgehead atoms. The quantitative estimate of drug-likeness (QED) is 0.681. The Morgan fingerprint density at radius 2 is 2.29 bits per heavy atom. The standard InChI is InChI=1S/C12H22N2/c1-4-14-12(9(2)10(3)13)8-11-6-5-7-11/h4,9,11-12,14H,1,3,5-8,13H2,2H3. The molecule has 1 rings (SSSR count). The summed E-state index contributed by atoms with van der Waals surface area (Å²) in [6.45, 7) is 9.65. The van der Waals surface area contributed by atoms with Crippen LogP contribution in [-0.2, 0) is 0 Å². The van der Waals surface area contributed by atoms with Crippen molar-refractivity contribution in [2.24, 2.45) is 17.6 Å². The van der Waals surface area contributed by atoms with Crippen LogP contribution in [-0.4, -0.2) is 6.04 Å². The number of hydrogen-bond donors (Lipinski definition) is 2. The fourth-order valence-electron chi connectivity index (χ4n) is 1.91. The molecule has 1 aliphatic rings. The number of nitrogens with two attached hydrogens (primary N) is 1. The van der Waals surface area contributed by atoms with Crippen LogP contribution in [0.1, 0.15) is 32.6 Å². The maximum atomic E-state index is 5.73. The Labute approximate surface area is 87.3 Å². The minimum Gasteiger partial charge on any atom is -0.402 e. The fourth-order valence-corrected chi connectivity index (χ4v) is 1.91. The van der Waals surface area contributed by atoms with Gasteiger partial charge in [0.1, 0.15) is 0 Å². The number of nitrogens with one attached hydrogen (secondary N) is 1. The van der Waals surface area contributed by atoms with Crippen LogP contribution in [0.2, 0.25) is 0 Å². The zero-order chi connectivity index (χ0) is 10.6.